The summed E-state index contributed by atoms with van der Waals surface area (Å²) >= 11 is 0. The molecule has 0 saturated carbocycles. The topological polar surface area (TPSA) is 107 Å². The van der Waals surface area contributed by atoms with Crippen LogP contribution in [-0.2, 0) is 16.0 Å². The number of nitrogens with one attached hydrogen (secondary N) is 1. The van der Waals surface area contributed by atoms with Crippen LogP contribution in [0.3, 0.4) is 0 Å². The van der Waals surface area contributed by atoms with Crippen molar-refractivity contribution in [2.45, 2.75) is 19.4 Å². The van der Waals surface area contributed by atoms with Gasteiger partial charge >= 0.3 is 0 Å². The number of H-pyrrole nitrogens is 1. The quantitative estimate of drug-likeness (QED) is 0.602. The highest BCUT2D eigenvalue weighted by Gasteiger charge is 2.24. The first-order chi connectivity index (χ1) is 10.2. The molecule has 2 rings (SSSR count). The lowest BCUT2D eigenvalue weighted by atomic mass is 10.3. The Labute approximate surface area is 123 Å². The van der Waals surface area contributed by atoms with Crippen molar-refractivity contribution in [3.63, 3.8) is 0 Å². The maximum atomic E-state index is 12.2. The van der Waals surface area contributed by atoms with Gasteiger partial charge in [0.05, 0.1) is 19.1 Å². The Balaban J connectivity index is 1.83. The Bertz CT molecular complexity index is 427. The minimum absolute atomic E-state index is 0.0953. The lowest BCUT2D eigenvalue weighted by Gasteiger charge is -2.21. The first-order valence-electron chi connectivity index (χ1n) is 7.17. The van der Waals surface area contributed by atoms with Crippen molar-refractivity contribution in [2.75, 3.05) is 45.9 Å². The number of aromatic nitrogens is 4. The number of aliphatic hydroxyl groups is 1. The smallest absolute Gasteiger partial charge is 0.230 e. The summed E-state index contributed by atoms with van der Waals surface area (Å²) in [6.45, 7) is 6.24. The highest BCUT2D eigenvalue weighted by atomic mass is 16.5. The largest absolute Gasteiger partial charge is 0.390 e. The molecule has 0 radical (unpaired) electrons. The highest BCUT2D eigenvalue weighted by molar-refractivity contribution is 5.78. The Morgan fingerprint density at radius 3 is 3.05 bits per heavy atom. The van der Waals surface area contributed by atoms with Crippen LogP contribution in [0.5, 0.6) is 0 Å². The second kappa shape index (κ2) is 8.01. The standard InChI is InChI=1S/C12H22N6O3/c1-2-21-6-5-17-3-4-18(9-10(19)8-17)12(20)7-11-13-15-16-14-11/h10,19H,2-9H2,1H3,(H,13,14,15,16)/t10-/m1/s1. The molecule has 1 aromatic heterocycles. The van der Waals surface area contributed by atoms with Gasteiger partial charge in [0.25, 0.3) is 0 Å². The molecule has 9 nitrogen and oxygen atoms in total. The molecule has 0 unspecified atom stereocenters. The van der Waals surface area contributed by atoms with Crippen LogP contribution in [0.4, 0.5) is 0 Å². The highest BCUT2D eigenvalue weighted by Crippen LogP contribution is 2.06. The Kier molecular flexibility index (Phi) is 6.03. The number of rotatable bonds is 6. The molecule has 1 atom stereocenters. The molecule has 0 aliphatic carbocycles. The van der Waals surface area contributed by atoms with Crippen molar-refractivity contribution < 1.29 is 14.6 Å². The van der Waals surface area contributed by atoms with Gasteiger partial charge in [-0.2, -0.15) is 5.21 Å². The fourth-order valence-corrected chi connectivity index (χ4v) is 2.33. The van der Waals surface area contributed by atoms with Crippen LogP contribution < -0.4 is 0 Å². The lowest BCUT2D eigenvalue weighted by Crippen LogP contribution is -2.38. The first-order valence-corrected chi connectivity index (χ1v) is 7.17. The number of carbonyl (C=O) groups is 1. The van der Waals surface area contributed by atoms with Gasteiger partial charge in [0, 0.05) is 39.3 Å². The molecule has 2 N–H and O–H groups in total. The monoisotopic (exact) mass is 298 g/mol. The molecule has 0 spiro atoms. The summed E-state index contributed by atoms with van der Waals surface area (Å²) in [4.78, 5) is 15.9. The number of carbonyl (C=O) groups excluding carboxylic acids is 1. The molecule has 1 aliphatic rings. The van der Waals surface area contributed by atoms with E-state index in [1.165, 1.54) is 0 Å². The zero-order valence-corrected chi connectivity index (χ0v) is 12.2. The van der Waals surface area contributed by atoms with E-state index in [0.717, 1.165) is 13.1 Å². The van der Waals surface area contributed by atoms with Gasteiger partial charge in [-0.25, -0.2) is 0 Å². The van der Waals surface area contributed by atoms with Gasteiger partial charge in [0.2, 0.25) is 5.91 Å². The Morgan fingerprint density at radius 2 is 2.33 bits per heavy atom. The maximum absolute atomic E-state index is 12.2. The van der Waals surface area contributed by atoms with Gasteiger partial charge in [-0.15, -0.1) is 10.2 Å². The number of hydrogen-bond donors (Lipinski definition) is 2. The second-order valence-corrected chi connectivity index (χ2v) is 5.00. The third kappa shape index (κ3) is 5.03. The SMILES string of the molecule is CCOCCN1CCN(C(=O)Cc2nn[nH]n2)C[C@H](O)C1. The van der Waals surface area contributed by atoms with Crippen molar-refractivity contribution >= 4 is 5.91 Å². The number of ether oxygens (including phenoxy) is 1. The minimum atomic E-state index is -0.552. The van der Waals surface area contributed by atoms with E-state index in [4.69, 9.17) is 4.74 Å². The number of aromatic amines is 1. The first kappa shape index (κ1) is 15.8. The number of aliphatic hydroxyl groups excluding tert-OH is 1. The van der Waals surface area contributed by atoms with E-state index in [1.807, 2.05) is 6.92 Å². The van der Waals surface area contributed by atoms with E-state index in [2.05, 4.69) is 25.5 Å². The molecule has 2 heterocycles. The normalized spacial score (nSPS) is 20.5. The van der Waals surface area contributed by atoms with Crippen molar-refractivity contribution in [1.29, 1.82) is 0 Å². The molecule has 0 aromatic carbocycles. The van der Waals surface area contributed by atoms with Crippen LogP contribution in [0.1, 0.15) is 12.7 Å². The van der Waals surface area contributed by atoms with Gasteiger partial charge in [-0.05, 0) is 6.92 Å². The van der Waals surface area contributed by atoms with Crippen LogP contribution >= 0.6 is 0 Å². The maximum Gasteiger partial charge on any atom is 0.230 e. The molecule has 1 amide bonds. The zero-order chi connectivity index (χ0) is 15.1. The average molecular weight is 298 g/mol. The van der Waals surface area contributed by atoms with Gasteiger partial charge in [-0.3, -0.25) is 9.69 Å². The van der Waals surface area contributed by atoms with E-state index in [9.17, 15) is 9.90 Å². The van der Waals surface area contributed by atoms with Crippen molar-refractivity contribution in [1.82, 2.24) is 30.4 Å². The molecular formula is C12H22N6O3. The van der Waals surface area contributed by atoms with E-state index in [-0.39, 0.29) is 12.3 Å². The molecule has 1 fully saturated rings. The van der Waals surface area contributed by atoms with Crippen LogP contribution in [0.25, 0.3) is 0 Å². The summed E-state index contributed by atoms with van der Waals surface area (Å²) in [5.74, 6) is 0.272. The van der Waals surface area contributed by atoms with E-state index < -0.39 is 6.10 Å². The lowest BCUT2D eigenvalue weighted by molar-refractivity contribution is -0.131. The average Bonchev–Trinajstić information content (AvgIpc) is 2.88. The van der Waals surface area contributed by atoms with Crippen molar-refractivity contribution in [3.8, 4) is 0 Å². The number of nitrogens with zero attached hydrogens (tertiary/aromatic N) is 5. The molecule has 1 aliphatic heterocycles. The van der Waals surface area contributed by atoms with Gasteiger partial charge in [0.15, 0.2) is 5.82 Å². The van der Waals surface area contributed by atoms with Gasteiger partial charge in [-0.1, -0.05) is 5.21 Å². The van der Waals surface area contributed by atoms with E-state index in [0.29, 0.717) is 38.7 Å². The van der Waals surface area contributed by atoms with Gasteiger partial charge in [0.1, 0.15) is 0 Å². The molecule has 1 aromatic rings. The van der Waals surface area contributed by atoms with Crippen LogP contribution in [0.15, 0.2) is 0 Å². The Morgan fingerprint density at radius 1 is 1.48 bits per heavy atom. The van der Waals surface area contributed by atoms with Crippen LogP contribution in [0.2, 0.25) is 0 Å². The van der Waals surface area contributed by atoms with Gasteiger partial charge < -0.3 is 14.7 Å². The fourth-order valence-electron chi connectivity index (χ4n) is 2.33. The van der Waals surface area contributed by atoms with E-state index in [1.54, 1.807) is 4.90 Å². The van der Waals surface area contributed by atoms with Crippen molar-refractivity contribution in [2.24, 2.45) is 0 Å². The number of β-amino-alcohol motifs (C(OH)–C–C–N with tert-alkyl or cyclic N) is 1. The fraction of sp³-hybridized carbons (Fsp3) is 0.833. The summed E-state index contributed by atoms with van der Waals surface area (Å²) in [5, 5.41) is 23.3. The molecule has 9 heteroatoms. The summed E-state index contributed by atoms with van der Waals surface area (Å²) in [6, 6.07) is 0. The zero-order valence-electron chi connectivity index (χ0n) is 12.2. The molecule has 0 bridgehead atoms. The number of hydrogen-bond acceptors (Lipinski definition) is 7. The number of tetrazole rings is 1. The molecule has 118 valence electrons. The summed E-state index contributed by atoms with van der Waals surface area (Å²) in [6.07, 6.45) is -0.453. The second-order valence-electron chi connectivity index (χ2n) is 5.00. The Hall–Kier alpha value is -1.58. The summed E-state index contributed by atoms with van der Waals surface area (Å²) < 4.78 is 5.33. The summed E-state index contributed by atoms with van der Waals surface area (Å²) in [7, 11) is 0. The molecular weight excluding hydrogens is 276 g/mol. The third-order valence-corrected chi connectivity index (χ3v) is 3.39. The van der Waals surface area contributed by atoms with Crippen molar-refractivity contribution in [3.05, 3.63) is 5.82 Å². The van der Waals surface area contributed by atoms with Crippen LogP contribution in [-0.4, -0.2) is 93.5 Å². The van der Waals surface area contributed by atoms with E-state index >= 15 is 0 Å². The summed E-state index contributed by atoms with van der Waals surface area (Å²) in [5.41, 5.74) is 0. The third-order valence-electron chi connectivity index (χ3n) is 3.39. The molecule has 21 heavy (non-hydrogen) atoms. The number of amides is 1. The van der Waals surface area contributed by atoms with Crippen LogP contribution in [0, 0.1) is 0 Å². The molecule has 1 saturated heterocycles. The predicted molar refractivity (Wildman–Crippen MR) is 73.4 cm³/mol. The predicted octanol–water partition coefficient (Wildman–Crippen LogP) is -1.72. The minimum Gasteiger partial charge on any atom is -0.390 e.